The van der Waals surface area contributed by atoms with Crippen molar-refractivity contribution < 1.29 is 25.9 Å². The Balaban J connectivity index is 0. The topological polar surface area (TPSA) is 101 Å². The molecule has 0 aliphatic rings. The standard InChI is InChI=1S/C3H6O.H2O5S2/c1-3(2)4;1-6(2)5-7(3)4/h1-2H3;(H,1,2)(H,3,4). The molecule has 0 aliphatic heterocycles. The summed E-state index contributed by atoms with van der Waals surface area (Å²) in [5.41, 5.74) is 0. The summed E-state index contributed by atoms with van der Waals surface area (Å²) < 4.78 is 37.2. The second-order valence-electron chi connectivity index (χ2n) is 1.41. The van der Waals surface area contributed by atoms with Crippen molar-refractivity contribution in [3.63, 3.8) is 0 Å². The minimum absolute atomic E-state index is 0.167. The molecule has 0 rings (SSSR count). The molecule has 0 aromatic heterocycles. The van der Waals surface area contributed by atoms with Crippen LogP contribution in [0.3, 0.4) is 0 Å². The molecule has 8 heteroatoms. The van der Waals surface area contributed by atoms with Gasteiger partial charge in [0.15, 0.2) is 0 Å². The van der Waals surface area contributed by atoms with Gasteiger partial charge in [-0.25, -0.2) is 0 Å². The minimum Gasteiger partial charge on any atom is -0.300 e. The highest BCUT2D eigenvalue weighted by Gasteiger charge is 1.95. The van der Waals surface area contributed by atoms with Crippen LogP contribution in [-0.4, -0.2) is 23.3 Å². The second kappa shape index (κ2) is 7.95. The molecule has 0 unspecified atom stereocenters. The van der Waals surface area contributed by atoms with E-state index in [0.29, 0.717) is 0 Å². The summed E-state index contributed by atoms with van der Waals surface area (Å²) in [6, 6.07) is 0. The Kier molecular flexibility index (Phi) is 9.72. The average molecular weight is 204 g/mol. The van der Waals surface area contributed by atoms with Crippen LogP contribution in [0.1, 0.15) is 13.8 Å². The van der Waals surface area contributed by atoms with Crippen LogP contribution in [-0.2, 0) is 31.1 Å². The van der Waals surface area contributed by atoms with Crippen LogP contribution in [0.15, 0.2) is 0 Å². The number of carbonyl (C=O) groups excluding carboxylic acids is 1. The zero-order chi connectivity index (χ0) is 9.44. The normalized spacial score (nSPS) is 14.2. The first-order chi connectivity index (χ1) is 4.86. The maximum absolute atomic E-state index is 9.44. The van der Waals surface area contributed by atoms with Gasteiger partial charge in [0.1, 0.15) is 5.78 Å². The lowest BCUT2D eigenvalue weighted by atomic mass is 10.6. The summed E-state index contributed by atoms with van der Waals surface area (Å²) in [6.07, 6.45) is 0. The molecule has 0 amide bonds. The SMILES string of the molecule is CC(C)=O.O=S(O)OS(=O)O. The molecule has 0 saturated carbocycles. The Labute approximate surface area is 68.9 Å². The van der Waals surface area contributed by atoms with Crippen molar-refractivity contribution in [3.05, 3.63) is 0 Å². The molecule has 0 radical (unpaired) electrons. The highest BCUT2D eigenvalue weighted by Crippen LogP contribution is 1.79. The summed E-state index contributed by atoms with van der Waals surface area (Å²) >= 11 is -5.29. The van der Waals surface area contributed by atoms with E-state index >= 15 is 0 Å². The third-order valence-corrected chi connectivity index (χ3v) is 1.05. The van der Waals surface area contributed by atoms with E-state index in [9.17, 15) is 13.2 Å². The molecule has 6 nitrogen and oxygen atoms in total. The van der Waals surface area contributed by atoms with Crippen molar-refractivity contribution in [2.24, 2.45) is 0 Å². The van der Waals surface area contributed by atoms with Crippen molar-refractivity contribution in [2.75, 3.05) is 0 Å². The zero-order valence-electron chi connectivity index (χ0n) is 5.84. The van der Waals surface area contributed by atoms with Crippen LogP contribution in [0, 0.1) is 0 Å². The highest BCUT2D eigenvalue weighted by molar-refractivity contribution is 7.87. The molecule has 0 aromatic carbocycles. The number of hydrogen-bond donors (Lipinski definition) is 2. The van der Waals surface area contributed by atoms with E-state index in [1.807, 2.05) is 0 Å². The van der Waals surface area contributed by atoms with Gasteiger partial charge in [0, 0.05) is 0 Å². The summed E-state index contributed by atoms with van der Waals surface area (Å²) in [5.74, 6) is 0.167. The highest BCUT2D eigenvalue weighted by atomic mass is 32.3. The van der Waals surface area contributed by atoms with Crippen molar-refractivity contribution >= 4 is 28.5 Å². The number of rotatable bonds is 2. The summed E-state index contributed by atoms with van der Waals surface area (Å²) in [7, 11) is 0. The first-order valence-corrected chi connectivity index (χ1v) is 4.30. The lowest BCUT2D eigenvalue weighted by molar-refractivity contribution is -0.114. The van der Waals surface area contributed by atoms with Crippen LogP contribution < -0.4 is 0 Å². The molecule has 11 heavy (non-hydrogen) atoms. The summed E-state index contributed by atoms with van der Waals surface area (Å²) in [6.45, 7) is 3.06. The number of carbonyl (C=O) groups is 1. The smallest absolute Gasteiger partial charge is 0.300 e. The molecule has 0 atom stereocenters. The zero-order valence-corrected chi connectivity index (χ0v) is 7.48. The van der Waals surface area contributed by atoms with Gasteiger partial charge in [0.05, 0.1) is 0 Å². The fourth-order valence-electron chi connectivity index (χ4n) is 0.0498. The Hall–Kier alpha value is -0.150. The van der Waals surface area contributed by atoms with E-state index < -0.39 is 22.7 Å². The predicted octanol–water partition coefficient (Wildman–Crippen LogP) is -0.128. The van der Waals surface area contributed by atoms with Gasteiger partial charge in [-0.15, -0.1) is 3.63 Å². The number of ketones is 1. The van der Waals surface area contributed by atoms with Gasteiger partial charge < -0.3 is 4.79 Å². The van der Waals surface area contributed by atoms with E-state index in [0.717, 1.165) is 0 Å². The van der Waals surface area contributed by atoms with E-state index in [1.165, 1.54) is 13.8 Å². The average Bonchev–Trinajstić information content (AvgIpc) is 1.56. The van der Waals surface area contributed by atoms with E-state index in [2.05, 4.69) is 3.63 Å². The van der Waals surface area contributed by atoms with Crippen LogP contribution in [0.25, 0.3) is 0 Å². The molecule has 0 bridgehead atoms. The van der Waals surface area contributed by atoms with Crippen molar-refractivity contribution in [2.45, 2.75) is 13.8 Å². The molecular weight excluding hydrogens is 196 g/mol. The lowest BCUT2D eigenvalue weighted by Gasteiger charge is -1.82. The van der Waals surface area contributed by atoms with E-state index in [-0.39, 0.29) is 5.78 Å². The number of Topliss-reactive ketones (excluding diaryl/α,β-unsaturated/α-hetero) is 1. The molecule has 0 aliphatic carbocycles. The van der Waals surface area contributed by atoms with Crippen LogP contribution >= 0.6 is 0 Å². The second-order valence-corrected chi connectivity index (χ2v) is 2.82. The maximum Gasteiger partial charge on any atom is 0.317 e. The fraction of sp³-hybridized carbons (Fsp3) is 0.667. The predicted molar refractivity (Wildman–Crippen MR) is 39.0 cm³/mol. The summed E-state index contributed by atoms with van der Waals surface area (Å²) in [4.78, 5) is 9.44. The molecule has 0 spiro atoms. The molecule has 0 saturated heterocycles. The van der Waals surface area contributed by atoms with Gasteiger partial charge in [-0.3, -0.25) is 9.11 Å². The maximum atomic E-state index is 9.44. The van der Waals surface area contributed by atoms with Crippen molar-refractivity contribution in [3.8, 4) is 0 Å². The van der Waals surface area contributed by atoms with Gasteiger partial charge in [0.2, 0.25) is 0 Å². The van der Waals surface area contributed by atoms with Gasteiger partial charge in [-0.1, -0.05) is 0 Å². The van der Waals surface area contributed by atoms with Crippen molar-refractivity contribution in [1.82, 2.24) is 0 Å². The lowest BCUT2D eigenvalue weighted by Crippen LogP contribution is -1.96. The number of hydrogen-bond acceptors (Lipinski definition) is 4. The Morgan fingerprint density at radius 3 is 1.36 bits per heavy atom. The van der Waals surface area contributed by atoms with Gasteiger partial charge in [-0.2, -0.15) is 8.42 Å². The quantitative estimate of drug-likeness (QED) is 0.608. The monoisotopic (exact) mass is 204 g/mol. The van der Waals surface area contributed by atoms with E-state index in [1.54, 1.807) is 0 Å². The Morgan fingerprint density at radius 2 is 1.36 bits per heavy atom. The first-order valence-electron chi connectivity index (χ1n) is 2.24. The van der Waals surface area contributed by atoms with Crippen LogP contribution in [0.4, 0.5) is 0 Å². The third kappa shape index (κ3) is 41.0. The van der Waals surface area contributed by atoms with Crippen molar-refractivity contribution in [1.29, 1.82) is 0 Å². The fourth-order valence-corrected chi connectivity index (χ4v) is 0.448. The summed E-state index contributed by atoms with van der Waals surface area (Å²) in [5, 5.41) is 0. The van der Waals surface area contributed by atoms with E-state index in [4.69, 9.17) is 9.11 Å². The third-order valence-electron chi connectivity index (χ3n) is 0.116. The van der Waals surface area contributed by atoms with Crippen LogP contribution in [0.5, 0.6) is 0 Å². The molecule has 0 heterocycles. The molecule has 2 N–H and O–H groups in total. The van der Waals surface area contributed by atoms with Gasteiger partial charge >= 0.3 is 22.7 Å². The molecule has 68 valence electrons. The molecule has 0 fully saturated rings. The van der Waals surface area contributed by atoms with Gasteiger partial charge in [0.25, 0.3) is 0 Å². The largest absolute Gasteiger partial charge is 0.317 e. The molecular formula is C3H8O6S2. The first kappa shape index (κ1) is 13.4. The minimum atomic E-state index is -2.65. The van der Waals surface area contributed by atoms with Gasteiger partial charge in [-0.05, 0) is 13.8 Å². The van der Waals surface area contributed by atoms with Crippen LogP contribution in [0.2, 0.25) is 0 Å². The Morgan fingerprint density at radius 1 is 1.18 bits per heavy atom. The Bertz CT molecular complexity index is 149. The molecule has 0 aromatic rings.